The second-order valence-electron chi connectivity index (χ2n) is 5.16. The van der Waals surface area contributed by atoms with Crippen molar-refractivity contribution in [3.05, 3.63) is 35.9 Å². The normalized spacial score (nSPS) is 10.9. The Morgan fingerprint density at radius 2 is 1.71 bits per heavy atom. The van der Waals surface area contributed by atoms with Gasteiger partial charge in [0.25, 0.3) is 0 Å². The highest BCUT2D eigenvalue weighted by Gasteiger charge is 2.47. The zero-order valence-corrected chi connectivity index (χ0v) is 14.2. The van der Waals surface area contributed by atoms with Crippen LogP contribution in [0.3, 0.4) is 0 Å². The number of methoxy groups -OCH3 is 3. The van der Waals surface area contributed by atoms with E-state index in [-0.39, 0.29) is 12.8 Å². The first-order valence-electron chi connectivity index (χ1n) is 7.45. The van der Waals surface area contributed by atoms with Crippen LogP contribution < -0.4 is 4.74 Å². The fourth-order valence-electron chi connectivity index (χ4n) is 2.35. The summed E-state index contributed by atoms with van der Waals surface area (Å²) in [5, 5.41) is 0. The third kappa shape index (κ3) is 4.63. The largest absolute Gasteiger partial charge is 0.497 e. The number of benzene rings is 1. The van der Waals surface area contributed by atoms with Gasteiger partial charge in [-0.2, -0.15) is 0 Å². The highest BCUT2D eigenvalue weighted by atomic mass is 16.5. The number of hydrogen-bond donors (Lipinski definition) is 0. The van der Waals surface area contributed by atoms with Crippen molar-refractivity contribution in [2.75, 3.05) is 21.3 Å². The van der Waals surface area contributed by atoms with Crippen molar-refractivity contribution < 1.29 is 23.8 Å². The van der Waals surface area contributed by atoms with Crippen LogP contribution in [0.2, 0.25) is 0 Å². The third-order valence-corrected chi connectivity index (χ3v) is 3.72. The van der Waals surface area contributed by atoms with Crippen molar-refractivity contribution in [2.24, 2.45) is 5.41 Å². The maximum atomic E-state index is 12.1. The molecule has 0 unspecified atom stereocenters. The molecule has 128 valence electrons. The molecule has 0 saturated heterocycles. The van der Waals surface area contributed by atoms with Gasteiger partial charge in [-0.1, -0.05) is 24.3 Å². The second-order valence-corrected chi connectivity index (χ2v) is 5.16. The molecule has 24 heavy (non-hydrogen) atoms. The Morgan fingerprint density at radius 1 is 1.12 bits per heavy atom. The van der Waals surface area contributed by atoms with Gasteiger partial charge in [0.15, 0.2) is 5.41 Å². The Labute approximate surface area is 142 Å². The Balaban J connectivity index is 2.83. The molecule has 5 nitrogen and oxygen atoms in total. The molecule has 0 radical (unpaired) electrons. The van der Waals surface area contributed by atoms with Crippen molar-refractivity contribution >= 4 is 18.0 Å². The summed E-state index contributed by atoms with van der Waals surface area (Å²) in [6.45, 7) is 0. The van der Waals surface area contributed by atoms with E-state index in [4.69, 9.17) is 20.6 Å². The smallest absolute Gasteiger partial charge is 0.324 e. The average molecular weight is 330 g/mol. The zero-order chi connectivity index (χ0) is 18.0. The van der Waals surface area contributed by atoms with Crippen molar-refractivity contribution in [2.45, 2.75) is 19.3 Å². The fraction of sp³-hybridized carbons (Fsp3) is 0.368. The summed E-state index contributed by atoms with van der Waals surface area (Å²) in [6.07, 6.45) is 9.71. The highest BCUT2D eigenvalue weighted by Crippen LogP contribution is 2.32. The van der Waals surface area contributed by atoms with Gasteiger partial charge in [0.2, 0.25) is 0 Å². The quantitative estimate of drug-likeness (QED) is 0.417. The Bertz CT molecular complexity index is 606. The number of ether oxygens (including phenoxy) is 3. The van der Waals surface area contributed by atoms with Gasteiger partial charge in [0.1, 0.15) is 5.75 Å². The lowest BCUT2D eigenvalue weighted by Crippen LogP contribution is -2.41. The molecule has 0 heterocycles. The van der Waals surface area contributed by atoms with Crippen LogP contribution in [0.25, 0.3) is 6.08 Å². The number of allylic oxidation sites excluding steroid dienone is 1. The van der Waals surface area contributed by atoms with Crippen molar-refractivity contribution in [1.82, 2.24) is 0 Å². The molecule has 0 saturated carbocycles. The van der Waals surface area contributed by atoms with E-state index in [2.05, 4.69) is 5.92 Å². The van der Waals surface area contributed by atoms with Crippen LogP contribution in [0.1, 0.15) is 24.8 Å². The van der Waals surface area contributed by atoms with E-state index < -0.39 is 17.4 Å². The molecular weight excluding hydrogens is 308 g/mol. The lowest BCUT2D eigenvalue weighted by atomic mass is 9.80. The van der Waals surface area contributed by atoms with Gasteiger partial charge in [-0.3, -0.25) is 9.59 Å². The van der Waals surface area contributed by atoms with E-state index in [0.29, 0.717) is 6.42 Å². The monoisotopic (exact) mass is 330 g/mol. The maximum absolute atomic E-state index is 12.1. The first-order valence-corrected chi connectivity index (χ1v) is 7.45. The molecule has 0 aliphatic heterocycles. The lowest BCUT2D eigenvalue weighted by molar-refractivity contribution is -0.169. The van der Waals surface area contributed by atoms with Gasteiger partial charge in [-0.05, 0) is 30.5 Å². The van der Waals surface area contributed by atoms with Crippen LogP contribution in [-0.4, -0.2) is 33.3 Å². The van der Waals surface area contributed by atoms with Gasteiger partial charge in [0.05, 0.1) is 21.3 Å². The Hall–Kier alpha value is -2.74. The summed E-state index contributed by atoms with van der Waals surface area (Å²) >= 11 is 0. The van der Waals surface area contributed by atoms with E-state index in [1.54, 1.807) is 7.11 Å². The van der Waals surface area contributed by atoms with Crippen molar-refractivity contribution in [1.29, 1.82) is 0 Å². The SMILES string of the molecule is C#CCC(CC/C=C/c1ccc(OC)cc1)(C(=O)OC)C(=O)OC. The minimum atomic E-state index is -1.47. The number of rotatable bonds is 8. The van der Waals surface area contributed by atoms with E-state index in [1.807, 2.05) is 36.4 Å². The van der Waals surface area contributed by atoms with Gasteiger partial charge in [-0.25, -0.2) is 0 Å². The topological polar surface area (TPSA) is 61.8 Å². The number of esters is 2. The predicted octanol–water partition coefficient (Wildman–Crippen LogP) is 2.84. The van der Waals surface area contributed by atoms with Crippen LogP contribution in [0, 0.1) is 17.8 Å². The van der Waals surface area contributed by atoms with E-state index in [1.165, 1.54) is 14.2 Å². The van der Waals surface area contributed by atoms with Crippen LogP contribution >= 0.6 is 0 Å². The third-order valence-electron chi connectivity index (χ3n) is 3.72. The molecule has 0 spiro atoms. The molecule has 0 aromatic heterocycles. The summed E-state index contributed by atoms with van der Waals surface area (Å²) in [4.78, 5) is 24.2. The Morgan fingerprint density at radius 3 is 2.17 bits per heavy atom. The van der Waals surface area contributed by atoms with Crippen LogP contribution in [0.5, 0.6) is 5.75 Å². The van der Waals surface area contributed by atoms with Crippen LogP contribution in [-0.2, 0) is 19.1 Å². The number of carbonyl (C=O) groups excluding carboxylic acids is 2. The predicted molar refractivity (Wildman–Crippen MR) is 91.2 cm³/mol. The molecule has 0 fully saturated rings. The standard InChI is InChI=1S/C19H22O5/c1-5-13-19(17(20)23-3,18(21)24-4)14-7-6-8-15-9-11-16(22-2)12-10-15/h1,6,8-12H,7,13-14H2,2-4H3/b8-6+. The molecule has 0 aliphatic carbocycles. The maximum Gasteiger partial charge on any atom is 0.324 e. The first-order chi connectivity index (χ1) is 11.5. The van der Waals surface area contributed by atoms with Gasteiger partial charge in [-0.15, -0.1) is 12.3 Å². The second kappa shape index (κ2) is 9.41. The minimum absolute atomic E-state index is 0.0667. The summed E-state index contributed by atoms with van der Waals surface area (Å²) in [5.41, 5.74) is -0.489. The van der Waals surface area contributed by atoms with Gasteiger partial charge in [0, 0.05) is 6.42 Å². The van der Waals surface area contributed by atoms with E-state index >= 15 is 0 Å². The Kier molecular flexibility index (Phi) is 7.57. The fourth-order valence-corrected chi connectivity index (χ4v) is 2.35. The van der Waals surface area contributed by atoms with Crippen molar-refractivity contribution in [3.63, 3.8) is 0 Å². The molecule has 0 aliphatic rings. The summed E-state index contributed by atoms with van der Waals surface area (Å²) in [5.74, 6) is 1.79. The molecule has 1 aromatic carbocycles. The van der Waals surface area contributed by atoms with Crippen molar-refractivity contribution in [3.8, 4) is 18.1 Å². The van der Waals surface area contributed by atoms with E-state index in [9.17, 15) is 9.59 Å². The molecule has 1 rings (SSSR count). The molecule has 0 amide bonds. The number of hydrogen-bond acceptors (Lipinski definition) is 5. The van der Waals surface area contributed by atoms with E-state index in [0.717, 1.165) is 11.3 Å². The minimum Gasteiger partial charge on any atom is -0.497 e. The highest BCUT2D eigenvalue weighted by molar-refractivity contribution is 6.00. The molecule has 0 bridgehead atoms. The molecule has 5 heteroatoms. The summed E-state index contributed by atoms with van der Waals surface area (Å²) in [6, 6.07) is 7.52. The molecule has 0 atom stereocenters. The number of terminal acetylenes is 1. The average Bonchev–Trinajstić information content (AvgIpc) is 2.63. The van der Waals surface area contributed by atoms with Crippen LogP contribution in [0.4, 0.5) is 0 Å². The molecule has 1 aromatic rings. The number of carbonyl (C=O) groups is 2. The van der Waals surface area contributed by atoms with Crippen LogP contribution in [0.15, 0.2) is 30.3 Å². The van der Waals surface area contributed by atoms with Gasteiger partial charge >= 0.3 is 11.9 Å². The molecule has 0 N–H and O–H groups in total. The molecular formula is C19H22O5. The first kappa shape index (κ1) is 19.3. The summed E-state index contributed by atoms with van der Waals surface area (Å²) < 4.78 is 14.6. The summed E-state index contributed by atoms with van der Waals surface area (Å²) in [7, 11) is 4.06. The lowest BCUT2D eigenvalue weighted by Gasteiger charge is -2.25. The van der Waals surface area contributed by atoms with Gasteiger partial charge < -0.3 is 14.2 Å². The zero-order valence-electron chi connectivity index (χ0n) is 14.2.